The molecular formula is C7H13N3O2. The molecule has 5 nitrogen and oxygen atoms in total. The van der Waals surface area contributed by atoms with E-state index in [0.29, 0.717) is 6.61 Å². The third-order valence-corrected chi connectivity index (χ3v) is 2.37. The zero-order valence-electron chi connectivity index (χ0n) is 6.90. The lowest BCUT2D eigenvalue weighted by atomic mass is 10.1. The Balaban J connectivity index is 2.04. The molecule has 1 unspecified atom stereocenters. The number of fused-ring (bicyclic) bond motifs is 1. The number of hydrazine groups is 1. The summed E-state index contributed by atoms with van der Waals surface area (Å²) in [6, 6.07) is 0.171. The summed E-state index contributed by atoms with van der Waals surface area (Å²) in [4.78, 5) is 13.1. The molecule has 1 atom stereocenters. The number of hydrogen-bond donors (Lipinski definition) is 1. The highest BCUT2D eigenvalue weighted by Gasteiger charge is 2.32. The number of morpholine rings is 1. The first kappa shape index (κ1) is 7.97. The van der Waals surface area contributed by atoms with Crippen LogP contribution in [0.4, 0.5) is 0 Å². The Morgan fingerprint density at radius 3 is 3.17 bits per heavy atom. The molecule has 2 saturated heterocycles. The van der Waals surface area contributed by atoms with Crippen molar-refractivity contribution in [1.29, 1.82) is 0 Å². The Labute approximate surface area is 71.0 Å². The van der Waals surface area contributed by atoms with Crippen molar-refractivity contribution < 1.29 is 9.53 Å². The van der Waals surface area contributed by atoms with Crippen LogP contribution in [0.1, 0.15) is 0 Å². The molecule has 68 valence electrons. The van der Waals surface area contributed by atoms with E-state index >= 15 is 0 Å². The summed E-state index contributed by atoms with van der Waals surface area (Å²) < 4.78 is 5.13. The summed E-state index contributed by atoms with van der Waals surface area (Å²) in [5, 5.41) is 1.74. The number of ether oxygens (including phenoxy) is 1. The number of amides is 1. The molecule has 2 rings (SSSR count). The maximum Gasteiger partial charge on any atom is 0.248 e. The van der Waals surface area contributed by atoms with Crippen molar-refractivity contribution in [1.82, 2.24) is 9.91 Å². The van der Waals surface area contributed by atoms with E-state index in [1.165, 1.54) is 0 Å². The van der Waals surface area contributed by atoms with E-state index < -0.39 is 0 Å². The average molecular weight is 171 g/mol. The predicted octanol–water partition coefficient (Wildman–Crippen LogP) is -1.60. The first-order valence-corrected chi connectivity index (χ1v) is 4.14. The lowest BCUT2D eigenvalue weighted by molar-refractivity contribution is -0.152. The van der Waals surface area contributed by atoms with Crippen LogP contribution in [0.15, 0.2) is 0 Å². The molecule has 2 aliphatic rings. The van der Waals surface area contributed by atoms with Gasteiger partial charge in [-0.1, -0.05) is 0 Å². The number of nitrogens with zero attached hydrogens (tertiary/aromatic N) is 2. The Hall–Kier alpha value is -0.650. The zero-order chi connectivity index (χ0) is 8.55. The quantitative estimate of drug-likeness (QED) is 0.446. The zero-order valence-corrected chi connectivity index (χ0v) is 6.90. The Morgan fingerprint density at radius 2 is 2.33 bits per heavy atom. The van der Waals surface area contributed by atoms with E-state index in [2.05, 4.69) is 0 Å². The molecule has 2 aliphatic heterocycles. The van der Waals surface area contributed by atoms with Crippen molar-refractivity contribution >= 4 is 5.91 Å². The lowest BCUT2D eigenvalue weighted by Crippen LogP contribution is -2.61. The summed E-state index contributed by atoms with van der Waals surface area (Å²) in [6.07, 6.45) is 0. The molecule has 0 radical (unpaired) electrons. The van der Waals surface area contributed by atoms with Gasteiger partial charge in [0.1, 0.15) is 6.61 Å². The van der Waals surface area contributed by atoms with Crippen LogP contribution in [0.2, 0.25) is 0 Å². The van der Waals surface area contributed by atoms with Crippen LogP contribution < -0.4 is 5.84 Å². The molecule has 0 aromatic carbocycles. The fourth-order valence-corrected chi connectivity index (χ4v) is 1.72. The molecule has 0 aromatic heterocycles. The molecule has 12 heavy (non-hydrogen) atoms. The van der Waals surface area contributed by atoms with Crippen molar-refractivity contribution in [2.24, 2.45) is 5.84 Å². The van der Waals surface area contributed by atoms with E-state index in [1.807, 2.05) is 4.90 Å². The number of piperazine rings is 1. The Morgan fingerprint density at radius 1 is 1.50 bits per heavy atom. The van der Waals surface area contributed by atoms with Gasteiger partial charge in [0.2, 0.25) is 5.91 Å². The number of nitrogens with two attached hydrogens (primary N) is 1. The van der Waals surface area contributed by atoms with Gasteiger partial charge in [-0.15, -0.1) is 0 Å². The second-order valence-electron chi connectivity index (χ2n) is 3.25. The molecule has 0 saturated carbocycles. The summed E-state index contributed by atoms with van der Waals surface area (Å²) in [5.41, 5.74) is 0. The average Bonchev–Trinajstić information content (AvgIpc) is 2.04. The minimum Gasteiger partial charge on any atom is -0.369 e. The molecule has 0 spiro atoms. The highest BCUT2D eigenvalue weighted by atomic mass is 16.5. The number of carbonyl (C=O) groups excluding carboxylic acids is 1. The lowest BCUT2D eigenvalue weighted by Gasteiger charge is -2.41. The van der Waals surface area contributed by atoms with Gasteiger partial charge in [0.05, 0.1) is 12.6 Å². The molecule has 0 aliphatic carbocycles. The van der Waals surface area contributed by atoms with Gasteiger partial charge >= 0.3 is 0 Å². The van der Waals surface area contributed by atoms with Crippen LogP contribution in [-0.4, -0.2) is 54.7 Å². The molecule has 2 fully saturated rings. The highest BCUT2D eigenvalue weighted by molar-refractivity contribution is 5.78. The number of hydrogen-bond acceptors (Lipinski definition) is 4. The van der Waals surface area contributed by atoms with Gasteiger partial charge in [-0.05, 0) is 0 Å². The topological polar surface area (TPSA) is 58.8 Å². The minimum absolute atomic E-state index is 0.0966. The second-order valence-corrected chi connectivity index (χ2v) is 3.25. The van der Waals surface area contributed by atoms with Crippen LogP contribution in [0, 0.1) is 0 Å². The van der Waals surface area contributed by atoms with E-state index in [1.54, 1.807) is 5.01 Å². The molecule has 1 amide bonds. The molecular weight excluding hydrogens is 158 g/mol. The van der Waals surface area contributed by atoms with Crippen molar-refractivity contribution in [3.8, 4) is 0 Å². The van der Waals surface area contributed by atoms with Gasteiger partial charge in [0.15, 0.2) is 0 Å². The molecule has 5 heteroatoms. The van der Waals surface area contributed by atoms with Gasteiger partial charge in [-0.2, -0.15) is 0 Å². The smallest absolute Gasteiger partial charge is 0.248 e. The van der Waals surface area contributed by atoms with E-state index in [9.17, 15) is 4.79 Å². The first-order chi connectivity index (χ1) is 5.77. The van der Waals surface area contributed by atoms with Crippen molar-refractivity contribution in [3.63, 3.8) is 0 Å². The van der Waals surface area contributed by atoms with Gasteiger partial charge in [0.25, 0.3) is 0 Å². The standard InChI is InChI=1S/C7H13N3O2/c8-9-1-2-10-6(3-9)4-12-5-7(10)11/h6H,1-5,8H2. The largest absolute Gasteiger partial charge is 0.369 e. The highest BCUT2D eigenvalue weighted by Crippen LogP contribution is 2.12. The van der Waals surface area contributed by atoms with E-state index in [4.69, 9.17) is 10.6 Å². The molecule has 2 N–H and O–H groups in total. The van der Waals surface area contributed by atoms with Gasteiger partial charge < -0.3 is 9.64 Å². The second kappa shape index (κ2) is 3.01. The summed E-state index contributed by atoms with van der Waals surface area (Å²) >= 11 is 0. The molecule has 0 aromatic rings. The summed E-state index contributed by atoms with van der Waals surface area (Å²) in [5.74, 6) is 5.72. The van der Waals surface area contributed by atoms with Crippen LogP contribution >= 0.6 is 0 Å². The predicted molar refractivity (Wildman–Crippen MR) is 42.1 cm³/mol. The Bertz CT molecular complexity index is 197. The number of carbonyl (C=O) groups is 1. The normalized spacial score (nSPS) is 31.9. The maximum absolute atomic E-state index is 11.3. The van der Waals surface area contributed by atoms with Gasteiger partial charge in [0, 0.05) is 19.6 Å². The van der Waals surface area contributed by atoms with Crippen LogP contribution in [0.3, 0.4) is 0 Å². The van der Waals surface area contributed by atoms with Crippen molar-refractivity contribution in [2.45, 2.75) is 6.04 Å². The fourth-order valence-electron chi connectivity index (χ4n) is 1.72. The summed E-state index contributed by atoms with van der Waals surface area (Å²) in [6.45, 7) is 3.10. The van der Waals surface area contributed by atoms with Crippen LogP contribution in [-0.2, 0) is 9.53 Å². The SMILES string of the molecule is NN1CCN2C(=O)COCC2C1. The van der Waals surface area contributed by atoms with Crippen LogP contribution in [0.25, 0.3) is 0 Å². The third kappa shape index (κ3) is 1.31. The maximum atomic E-state index is 11.3. The van der Waals surface area contributed by atoms with Crippen molar-refractivity contribution in [3.05, 3.63) is 0 Å². The molecule has 0 bridgehead atoms. The Kier molecular flexibility index (Phi) is 2.00. The van der Waals surface area contributed by atoms with E-state index in [0.717, 1.165) is 19.6 Å². The third-order valence-electron chi connectivity index (χ3n) is 2.37. The van der Waals surface area contributed by atoms with Gasteiger partial charge in [-0.3, -0.25) is 10.6 Å². The fraction of sp³-hybridized carbons (Fsp3) is 0.857. The molecule has 2 heterocycles. The van der Waals surface area contributed by atoms with Gasteiger partial charge in [-0.25, -0.2) is 5.01 Å². The van der Waals surface area contributed by atoms with Crippen molar-refractivity contribution in [2.75, 3.05) is 32.8 Å². The minimum atomic E-state index is 0.0966. The monoisotopic (exact) mass is 171 g/mol. The summed E-state index contributed by atoms with van der Waals surface area (Å²) in [7, 11) is 0. The first-order valence-electron chi connectivity index (χ1n) is 4.14. The van der Waals surface area contributed by atoms with E-state index in [-0.39, 0.29) is 18.6 Å². The number of rotatable bonds is 0. The van der Waals surface area contributed by atoms with Crippen LogP contribution in [0.5, 0.6) is 0 Å².